The van der Waals surface area contributed by atoms with Crippen LogP contribution < -0.4 is 31.8 Å². The summed E-state index contributed by atoms with van der Waals surface area (Å²) in [6.07, 6.45) is 0. The van der Waals surface area contributed by atoms with Crippen molar-refractivity contribution in [2.24, 2.45) is 0 Å². The van der Waals surface area contributed by atoms with Gasteiger partial charge in [-0.05, 0) is 94.2 Å². The molecule has 0 fully saturated rings. The van der Waals surface area contributed by atoms with Gasteiger partial charge in [0.25, 0.3) is 0 Å². The van der Waals surface area contributed by atoms with Crippen LogP contribution in [0.4, 0.5) is 0 Å². The number of aromatic nitrogens is 2. The first-order valence-corrected chi connectivity index (χ1v) is 19.5. The summed E-state index contributed by atoms with van der Waals surface area (Å²) in [6, 6.07) is 53.3. The number of benzene rings is 6. The van der Waals surface area contributed by atoms with Crippen molar-refractivity contribution in [2.45, 2.75) is 38.5 Å². The molecule has 3 nitrogen and oxygen atoms in total. The second kappa shape index (κ2) is 11.4. The highest BCUT2D eigenvalue weighted by Crippen LogP contribution is 2.48. The fourth-order valence-corrected chi connectivity index (χ4v) is 13.7. The van der Waals surface area contributed by atoms with Crippen LogP contribution in [0.5, 0.6) is 0 Å². The molecule has 0 radical (unpaired) electrons. The maximum absolute atomic E-state index is 6.29. The second-order valence-corrected chi connectivity index (χ2v) is 18.3. The van der Waals surface area contributed by atoms with Gasteiger partial charge in [-0.1, -0.05) is 149 Å². The molecule has 0 spiro atoms. The van der Waals surface area contributed by atoms with Gasteiger partial charge >= 0.3 is 0 Å². The summed E-state index contributed by atoms with van der Waals surface area (Å²) in [5, 5.41) is 17.3. The molecule has 0 saturated carbocycles. The van der Waals surface area contributed by atoms with E-state index in [4.69, 9.17) is 4.42 Å². The summed E-state index contributed by atoms with van der Waals surface area (Å²) in [4.78, 5) is 0. The molecule has 0 N–H and O–H groups in total. The van der Waals surface area contributed by atoms with Gasteiger partial charge < -0.3 is 4.42 Å². The van der Waals surface area contributed by atoms with Crippen LogP contribution in [0, 0.1) is 0 Å². The van der Waals surface area contributed by atoms with Gasteiger partial charge in [-0.3, -0.25) is 0 Å². The zero-order valence-corrected chi connectivity index (χ0v) is 29.8. The quantitative estimate of drug-likeness (QED) is 0.177. The van der Waals surface area contributed by atoms with Gasteiger partial charge in [0, 0.05) is 22.0 Å². The Labute approximate surface area is 290 Å². The van der Waals surface area contributed by atoms with Gasteiger partial charge in [0.2, 0.25) is 11.8 Å². The minimum atomic E-state index is -0.681. The average molecular weight is 671 g/mol. The molecule has 0 atom stereocenters. The normalized spacial score (nSPS) is 15.9. The first kappa shape index (κ1) is 30.4. The Bertz CT molecular complexity index is 2090. The van der Waals surface area contributed by atoms with Gasteiger partial charge in [-0.25, -0.2) is 0 Å². The first-order valence-electron chi connectivity index (χ1n) is 16.8. The van der Waals surface area contributed by atoms with Crippen molar-refractivity contribution in [3.63, 3.8) is 0 Å². The summed E-state index contributed by atoms with van der Waals surface area (Å²) >= 11 is 0. The van der Waals surface area contributed by atoms with Crippen LogP contribution in [0.1, 0.15) is 49.9 Å². The van der Waals surface area contributed by atoms with Crippen LogP contribution in [0.3, 0.4) is 0 Å². The van der Waals surface area contributed by atoms with E-state index in [0.29, 0.717) is 11.8 Å². The van der Waals surface area contributed by atoms with Gasteiger partial charge in [-0.15, -0.1) is 10.2 Å². The lowest BCUT2D eigenvalue weighted by molar-refractivity contribution is 0.584. The molecule has 0 saturated heterocycles. The molecular weight excluding hydrogens is 634 g/mol. The van der Waals surface area contributed by atoms with Crippen molar-refractivity contribution in [3.05, 3.63) is 168 Å². The Morgan fingerprint density at radius 3 is 0.980 bits per heavy atom. The number of fused-ring (bicyclic) bond motifs is 4. The van der Waals surface area contributed by atoms with E-state index in [-0.39, 0.29) is 10.8 Å². The van der Waals surface area contributed by atoms with E-state index in [1.807, 2.05) is 0 Å². The topological polar surface area (TPSA) is 38.9 Å². The molecule has 0 amide bonds. The first-order chi connectivity index (χ1) is 23.8. The van der Waals surface area contributed by atoms with Crippen molar-refractivity contribution in [1.82, 2.24) is 10.2 Å². The monoisotopic (exact) mass is 670 g/mol. The van der Waals surface area contributed by atoms with E-state index < -0.39 is 15.8 Å². The van der Waals surface area contributed by atoms with Crippen molar-refractivity contribution in [2.75, 3.05) is 0 Å². The molecule has 2 aliphatic heterocycles. The average Bonchev–Trinajstić information content (AvgIpc) is 3.63. The van der Waals surface area contributed by atoms with Crippen molar-refractivity contribution in [1.29, 1.82) is 0 Å². The molecule has 0 bridgehead atoms. The predicted molar refractivity (Wildman–Crippen MR) is 207 cm³/mol. The Hall–Kier alpha value is -4.68. The number of nitrogens with zero attached hydrogens (tertiary/aromatic N) is 2. The lowest BCUT2D eigenvalue weighted by Crippen LogP contribution is -2.40. The lowest BCUT2D eigenvalue weighted by atomic mass is 9.78. The van der Waals surface area contributed by atoms with E-state index in [1.165, 1.54) is 54.1 Å². The second-order valence-electron chi connectivity index (χ2n) is 14.0. The van der Waals surface area contributed by atoms with E-state index in [9.17, 15) is 0 Å². The number of hydrogen-bond donors (Lipinski definition) is 0. The fraction of sp³-hybridized carbons (Fsp3) is 0.136. The van der Waals surface area contributed by atoms with Crippen LogP contribution in [0.15, 0.2) is 150 Å². The third-order valence-corrected chi connectivity index (χ3v) is 15.6. The molecule has 49 heavy (non-hydrogen) atoms. The molecule has 1 aromatic heterocycles. The molecule has 0 aliphatic carbocycles. The minimum Gasteiger partial charge on any atom is -0.416 e. The molecule has 238 valence electrons. The number of hydrogen-bond acceptors (Lipinski definition) is 3. The van der Waals surface area contributed by atoms with Gasteiger partial charge in [0.15, 0.2) is 0 Å². The third kappa shape index (κ3) is 4.79. The van der Waals surface area contributed by atoms with Crippen LogP contribution in [0.2, 0.25) is 0 Å². The Kier molecular flexibility index (Phi) is 7.10. The summed E-state index contributed by atoms with van der Waals surface area (Å²) in [5.74, 6) is 1.07. The maximum atomic E-state index is 6.29. The summed E-state index contributed by atoms with van der Waals surface area (Å²) in [7, 11) is -1.36. The molecular formula is C44H36N2OP2. The smallest absolute Gasteiger partial charge is 0.248 e. The Balaban J connectivity index is 1.01. The highest BCUT2D eigenvalue weighted by Gasteiger charge is 2.39. The molecule has 7 aromatic rings. The van der Waals surface area contributed by atoms with Gasteiger partial charge in [0.05, 0.1) is 0 Å². The fourth-order valence-electron chi connectivity index (χ4n) is 7.86. The van der Waals surface area contributed by atoms with Crippen molar-refractivity contribution < 1.29 is 4.42 Å². The zero-order chi connectivity index (χ0) is 33.3. The summed E-state index contributed by atoms with van der Waals surface area (Å²) in [5.41, 5.74) is 7.44. The van der Waals surface area contributed by atoms with Crippen LogP contribution in [-0.4, -0.2) is 10.2 Å². The molecule has 9 rings (SSSR count). The van der Waals surface area contributed by atoms with Gasteiger partial charge in [0.1, 0.15) is 0 Å². The van der Waals surface area contributed by atoms with Crippen LogP contribution >= 0.6 is 15.8 Å². The van der Waals surface area contributed by atoms with E-state index in [0.717, 1.165) is 11.1 Å². The molecule has 3 heterocycles. The number of rotatable bonds is 4. The Morgan fingerprint density at radius 2 is 0.673 bits per heavy atom. The molecule has 5 heteroatoms. The standard InChI is InChI=1S/C44H36N2OP2/c1-43(2)33-13-5-9-17-37(33)48(38-18-10-6-14-34(38)43)31-25-21-29(22-26-31)41-45-46-42(47-41)30-23-27-32(28-24-30)49-39-19-11-7-15-35(39)44(3,4)36-16-8-12-20-40(36)49/h5-28H,1-4H3. The lowest BCUT2D eigenvalue weighted by Gasteiger charge is -2.39. The van der Waals surface area contributed by atoms with E-state index >= 15 is 0 Å². The zero-order valence-electron chi connectivity index (χ0n) is 28.1. The predicted octanol–water partition coefficient (Wildman–Crippen LogP) is 8.20. The summed E-state index contributed by atoms with van der Waals surface area (Å²) < 4.78 is 6.29. The van der Waals surface area contributed by atoms with E-state index in [2.05, 4.69) is 183 Å². The molecule has 0 unspecified atom stereocenters. The maximum Gasteiger partial charge on any atom is 0.248 e. The third-order valence-electron chi connectivity index (χ3n) is 10.4. The van der Waals surface area contributed by atoms with Crippen LogP contribution in [0.25, 0.3) is 22.9 Å². The van der Waals surface area contributed by atoms with Crippen molar-refractivity contribution in [3.8, 4) is 22.9 Å². The highest BCUT2D eigenvalue weighted by atomic mass is 31.1. The van der Waals surface area contributed by atoms with Crippen molar-refractivity contribution >= 4 is 47.7 Å². The SMILES string of the molecule is CC1(C)c2ccccc2P(c2ccc(-c3nnc(-c4ccc(P5c6ccccc6C(C)(C)c6ccccc65)cc4)o3)cc2)c2ccccc21. The van der Waals surface area contributed by atoms with E-state index in [1.54, 1.807) is 0 Å². The molecule has 6 aromatic carbocycles. The largest absolute Gasteiger partial charge is 0.416 e. The van der Waals surface area contributed by atoms with Gasteiger partial charge in [-0.2, -0.15) is 0 Å². The molecule has 2 aliphatic rings. The van der Waals surface area contributed by atoms with Crippen LogP contribution in [-0.2, 0) is 10.8 Å². The summed E-state index contributed by atoms with van der Waals surface area (Å²) in [6.45, 7) is 9.38. The highest BCUT2D eigenvalue weighted by molar-refractivity contribution is 7.80. The Morgan fingerprint density at radius 1 is 0.388 bits per heavy atom. The minimum absolute atomic E-state index is 0.0341.